The summed E-state index contributed by atoms with van der Waals surface area (Å²) in [5.41, 5.74) is 1.21. The standard InChI is InChI=1S/C21H23ClN4O3/c1-29-18-6-4-15(22)11-17(18)26-13-14(10-20(26)27)21(28)24-16-5-7-19(23-12-16)25-8-2-3-9-25/h4-7,11-12,14H,2-3,8-10,13H2,1H3,(H,24,28). The average Bonchev–Trinajstić information content (AvgIpc) is 3.38. The van der Waals surface area contributed by atoms with Crippen LogP contribution in [0.3, 0.4) is 0 Å². The molecule has 2 fully saturated rings. The number of nitrogens with zero attached hydrogens (tertiary/aromatic N) is 3. The zero-order valence-corrected chi connectivity index (χ0v) is 17.0. The second-order valence-corrected chi connectivity index (χ2v) is 7.75. The molecule has 2 saturated heterocycles. The molecule has 0 aliphatic carbocycles. The largest absolute Gasteiger partial charge is 0.495 e. The van der Waals surface area contributed by atoms with Crippen molar-refractivity contribution in [3.63, 3.8) is 0 Å². The Morgan fingerprint density at radius 3 is 2.72 bits per heavy atom. The van der Waals surface area contributed by atoms with Gasteiger partial charge in [0.1, 0.15) is 11.6 Å². The first-order valence-electron chi connectivity index (χ1n) is 9.71. The Balaban J connectivity index is 1.42. The van der Waals surface area contributed by atoms with Gasteiger partial charge >= 0.3 is 0 Å². The summed E-state index contributed by atoms with van der Waals surface area (Å²) in [6, 6.07) is 8.87. The highest BCUT2D eigenvalue weighted by Crippen LogP contribution is 2.35. The van der Waals surface area contributed by atoms with E-state index in [1.807, 2.05) is 12.1 Å². The minimum absolute atomic E-state index is 0.131. The third-order valence-electron chi connectivity index (χ3n) is 5.37. The number of pyridine rings is 1. The third-order valence-corrected chi connectivity index (χ3v) is 5.61. The Labute approximate surface area is 174 Å². The maximum atomic E-state index is 12.7. The molecule has 29 heavy (non-hydrogen) atoms. The normalized spacial score (nSPS) is 19.0. The number of carbonyl (C=O) groups excluding carboxylic acids is 2. The van der Waals surface area contributed by atoms with Gasteiger partial charge in [-0.15, -0.1) is 0 Å². The summed E-state index contributed by atoms with van der Waals surface area (Å²) in [6.07, 6.45) is 4.18. The molecule has 4 rings (SSSR count). The van der Waals surface area contributed by atoms with Crippen molar-refractivity contribution in [1.29, 1.82) is 0 Å². The molecule has 1 unspecified atom stereocenters. The van der Waals surface area contributed by atoms with Gasteiger partial charge in [0.25, 0.3) is 0 Å². The molecule has 2 aromatic rings. The van der Waals surface area contributed by atoms with Crippen molar-refractivity contribution in [2.24, 2.45) is 5.92 Å². The van der Waals surface area contributed by atoms with Crippen LogP contribution in [0.4, 0.5) is 17.2 Å². The van der Waals surface area contributed by atoms with Crippen LogP contribution >= 0.6 is 11.6 Å². The molecule has 1 N–H and O–H groups in total. The second kappa shape index (κ2) is 8.29. The number of rotatable bonds is 5. The zero-order valence-electron chi connectivity index (χ0n) is 16.2. The number of anilines is 3. The highest BCUT2D eigenvalue weighted by molar-refractivity contribution is 6.31. The Bertz CT molecular complexity index is 913. The number of carbonyl (C=O) groups is 2. The molecule has 0 saturated carbocycles. The van der Waals surface area contributed by atoms with Crippen molar-refractivity contribution in [2.45, 2.75) is 19.3 Å². The number of halogens is 1. The van der Waals surface area contributed by atoms with E-state index < -0.39 is 5.92 Å². The predicted molar refractivity (Wildman–Crippen MR) is 113 cm³/mol. The summed E-state index contributed by atoms with van der Waals surface area (Å²) in [5, 5.41) is 3.38. The van der Waals surface area contributed by atoms with Crippen LogP contribution in [0.25, 0.3) is 0 Å². The number of methoxy groups -OCH3 is 1. The highest BCUT2D eigenvalue weighted by atomic mass is 35.5. The first kappa shape index (κ1) is 19.5. The van der Waals surface area contributed by atoms with Crippen molar-refractivity contribution in [1.82, 2.24) is 4.98 Å². The Hall–Kier alpha value is -2.80. The predicted octanol–water partition coefficient (Wildman–Crippen LogP) is 3.34. The van der Waals surface area contributed by atoms with Crippen molar-refractivity contribution in [3.05, 3.63) is 41.6 Å². The first-order chi connectivity index (χ1) is 14.0. The molecular formula is C21H23ClN4O3. The lowest BCUT2D eigenvalue weighted by atomic mass is 10.1. The molecule has 0 spiro atoms. The topological polar surface area (TPSA) is 74.8 Å². The van der Waals surface area contributed by atoms with E-state index in [4.69, 9.17) is 16.3 Å². The molecule has 7 nitrogen and oxygen atoms in total. The zero-order chi connectivity index (χ0) is 20.4. The average molecular weight is 415 g/mol. The van der Waals surface area contributed by atoms with E-state index in [0.717, 1.165) is 18.9 Å². The van der Waals surface area contributed by atoms with Crippen LogP contribution in [-0.2, 0) is 9.59 Å². The van der Waals surface area contributed by atoms with Crippen LogP contribution in [-0.4, -0.2) is 43.5 Å². The summed E-state index contributed by atoms with van der Waals surface area (Å²) in [7, 11) is 1.54. The lowest BCUT2D eigenvalue weighted by Gasteiger charge is -2.20. The van der Waals surface area contributed by atoms with Crippen LogP contribution in [0.1, 0.15) is 19.3 Å². The van der Waals surface area contributed by atoms with Crippen molar-refractivity contribution >= 4 is 40.6 Å². The third kappa shape index (κ3) is 4.15. The lowest BCUT2D eigenvalue weighted by Crippen LogP contribution is -2.28. The van der Waals surface area contributed by atoms with Gasteiger partial charge in [0, 0.05) is 31.1 Å². The SMILES string of the molecule is COc1ccc(Cl)cc1N1CC(C(=O)Nc2ccc(N3CCCC3)nc2)CC1=O. The molecule has 2 aliphatic rings. The number of hydrogen-bond donors (Lipinski definition) is 1. The minimum atomic E-state index is -0.454. The summed E-state index contributed by atoms with van der Waals surface area (Å²) in [6.45, 7) is 2.32. The fourth-order valence-electron chi connectivity index (χ4n) is 3.83. The van der Waals surface area contributed by atoms with E-state index in [1.54, 1.807) is 29.3 Å². The minimum Gasteiger partial charge on any atom is -0.495 e. The number of aromatic nitrogens is 1. The van der Waals surface area contributed by atoms with Crippen molar-refractivity contribution in [3.8, 4) is 5.75 Å². The first-order valence-corrected chi connectivity index (χ1v) is 10.1. The van der Waals surface area contributed by atoms with Gasteiger partial charge in [-0.2, -0.15) is 0 Å². The summed E-state index contributed by atoms with van der Waals surface area (Å²) < 4.78 is 5.34. The number of hydrogen-bond acceptors (Lipinski definition) is 5. The van der Waals surface area contributed by atoms with Gasteiger partial charge in [-0.3, -0.25) is 9.59 Å². The maximum Gasteiger partial charge on any atom is 0.229 e. The summed E-state index contributed by atoms with van der Waals surface area (Å²) in [4.78, 5) is 33.5. The highest BCUT2D eigenvalue weighted by Gasteiger charge is 2.36. The van der Waals surface area contributed by atoms with Gasteiger partial charge in [0.15, 0.2) is 0 Å². The van der Waals surface area contributed by atoms with Crippen LogP contribution in [0, 0.1) is 5.92 Å². The molecule has 1 aromatic carbocycles. The molecule has 0 radical (unpaired) electrons. The number of amides is 2. The fraction of sp³-hybridized carbons (Fsp3) is 0.381. The summed E-state index contributed by atoms with van der Waals surface area (Å²) in [5.74, 6) is 0.691. The maximum absolute atomic E-state index is 12.7. The molecule has 152 valence electrons. The van der Waals surface area contributed by atoms with Crippen LogP contribution in [0.5, 0.6) is 5.75 Å². The van der Waals surface area contributed by atoms with Crippen molar-refractivity contribution < 1.29 is 14.3 Å². The van der Waals surface area contributed by atoms with Gasteiger partial charge in [0.05, 0.1) is 30.6 Å². The van der Waals surface area contributed by atoms with Gasteiger partial charge in [-0.05, 0) is 43.2 Å². The van der Waals surface area contributed by atoms with Gasteiger partial charge in [0.2, 0.25) is 11.8 Å². The Morgan fingerprint density at radius 1 is 1.24 bits per heavy atom. The quantitative estimate of drug-likeness (QED) is 0.812. The van der Waals surface area contributed by atoms with E-state index in [9.17, 15) is 9.59 Å². The lowest BCUT2D eigenvalue weighted by molar-refractivity contribution is -0.122. The molecule has 2 aliphatic heterocycles. The second-order valence-electron chi connectivity index (χ2n) is 7.31. The molecule has 8 heteroatoms. The molecular weight excluding hydrogens is 392 g/mol. The Kier molecular flexibility index (Phi) is 5.58. The van der Waals surface area contributed by atoms with E-state index >= 15 is 0 Å². The van der Waals surface area contributed by atoms with Crippen LogP contribution < -0.4 is 19.9 Å². The molecule has 1 atom stereocenters. The smallest absolute Gasteiger partial charge is 0.229 e. The van der Waals surface area contributed by atoms with Gasteiger partial charge in [-0.25, -0.2) is 4.98 Å². The molecule has 0 bridgehead atoms. The monoisotopic (exact) mass is 414 g/mol. The fourth-order valence-corrected chi connectivity index (χ4v) is 3.99. The van der Waals surface area contributed by atoms with Crippen molar-refractivity contribution in [2.75, 3.05) is 41.9 Å². The molecule has 1 aromatic heterocycles. The van der Waals surface area contributed by atoms with Crippen LogP contribution in [0.15, 0.2) is 36.5 Å². The number of benzene rings is 1. The van der Waals surface area contributed by atoms with E-state index in [2.05, 4.69) is 15.2 Å². The number of ether oxygens (including phenoxy) is 1. The van der Waals surface area contributed by atoms with E-state index in [0.29, 0.717) is 22.1 Å². The van der Waals surface area contributed by atoms with E-state index in [1.165, 1.54) is 20.0 Å². The Morgan fingerprint density at radius 2 is 2.03 bits per heavy atom. The van der Waals surface area contributed by atoms with E-state index in [-0.39, 0.29) is 24.8 Å². The molecule has 3 heterocycles. The van der Waals surface area contributed by atoms with Gasteiger partial charge in [-0.1, -0.05) is 11.6 Å². The van der Waals surface area contributed by atoms with Crippen LogP contribution in [0.2, 0.25) is 5.02 Å². The van der Waals surface area contributed by atoms with Gasteiger partial charge < -0.3 is 19.9 Å². The molecule has 2 amide bonds. The number of nitrogens with one attached hydrogen (secondary N) is 1. The summed E-state index contributed by atoms with van der Waals surface area (Å²) >= 11 is 6.08.